The molecule has 11 heavy (non-hydrogen) atoms. The van der Waals surface area contributed by atoms with Crippen molar-refractivity contribution in [3.05, 3.63) is 23.8 Å². The summed E-state index contributed by atoms with van der Waals surface area (Å²) in [6, 6.07) is 5.42. The van der Waals surface area contributed by atoms with E-state index in [1.54, 1.807) is 12.1 Å². The molecule has 0 fully saturated rings. The molecule has 0 radical (unpaired) electrons. The van der Waals surface area contributed by atoms with E-state index in [4.69, 9.17) is 8.37 Å². The molecule has 0 aliphatic carbocycles. The van der Waals surface area contributed by atoms with Crippen LogP contribution in [-0.2, 0) is 11.4 Å². The van der Waals surface area contributed by atoms with Crippen LogP contribution in [0.25, 0.3) is 0 Å². The molecule has 3 nitrogen and oxygen atoms in total. The maximum atomic E-state index is 10.7. The highest BCUT2D eigenvalue weighted by atomic mass is 32.2. The number of fused-ring (bicyclic) bond motifs is 1. The van der Waals surface area contributed by atoms with Crippen LogP contribution in [0.1, 0.15) is 5.56 Å². The van der Waals surface area contributed by atoms with Gasteiger partial charge in [-0.15, -0.1) is 0 Å². The van der Waals surface area contributed by atoms with Gasteiger partial charge in [0.05, 0.1) is 0 Å². The Morgan fingerprint density at radius 3 is 2.82 bits per heavy atom. The van der Waals surface area contributed by atoms with Gasteiger partial charge < -0.3 is 8.37 Å². The van der Waals surface area contributed by atoms with Gasteiger partial charge in [0.15, 0.2) is 11.5 Å². The van der Waals surface area contributed by atoms with Gasteiger partial charge in [-0.25, -0.2) is 0 Å². The third-order valence-electron chi connectivity index (χ3n) is 1.41. The molecular weight excluding hydrogens is 164 g/mol. The fourth-order valence-corrected chi connectivity index (χ4v) is 1.51. The van der Waals surface area contributed by atoms with Crippen LogP contribution in [-0.4, -0.2) is 4.21 Å². The molecule has 1 unspecified atom stereocenters. The van der Waals surface area contributed by atoms with E-state index in [9.17, 15) is 4.21 Å². The first kappa shape index (κ1) is 6.67. The highest BCUT2D eigenvalue weighted by Crippen LogP contribution is 2.34. The van der Waals surface area contributed by atoms with Crippen molar-refractivity contribution >= 4 is 11.4 Å². The maximum absolute atomic E-state index is 10.7. The van der Waals surface area contributed by atoms with Gasteiger partial charge in [0, 0.05) is 0 Å². The third-order valence-corrected chi connectivity index (χ3v) is 2.05. The Kier molecular flexibility index (Phi) is 1.35. The first-order chi connectivity index (χ1) is 5.25. The summed E-state index contributed by atoms with van der Waals surface area (Å²) in [5.41, 5.74) is 1.06. The molecule has 0 bridgehead atoms. The van der Waals surface area contributed by atoms with Gasteiger partial charge in [-0.3, -0.25) is 0 Å². The lowest BCUT2D eigenvalue weighted by atomic mass is 10.2. The van der Waals surface area contributed by atoms with E-state index in [-0.39, 0.29) is 0 Å². The molecule has 2 rings (SSSR count). The molecule has 0 aromatic heterocycles. The van der Waals surface area contributed by atoms with E-state index < -0.39 is 11.4 Å². The molecule has 58 valence electrons. The van der Waals surface area contributed by atoms with Gasteiger partial charge in [-0.1, -0.05) is 6.07 Å². The SMILES string of the molecule is Cc1ccc2c(c1)OS(=O)O2. The maximum Gasteiger partial charge on any atom is 0.417 e. The lowest BCUT2D eigenvalue weighted by Crippen LogP contribution is -1.96. The molecule has 0 saturated carbocycles. The minimum Gasteiger partial charge on any atom is -0.367 e. The van der Waals surface area contributed by atoms with Gasteiger partial charge in [0.25, 0.3) is 0 Å². The average Bonchev–Trinajstić information content (AvgIpc) is 2.27. The molecule has 1 aromatic carbocycles. The molecular formula is C7H6O3S. The van der Waals surface area contributed by atoms with Crippen LogP contribution >= 0.6 is 0 Å². The summed E-state index contributed by atoms with van der Waals surface area (Å²) in [4.78, 5) is 0. The minimum absolute atomic E-state index is 0.550. The van der Waals surface area contributed by atoms with Crippen molar-refractivity contribution in [3.63, 3.8) is 0 Å². The second-order valence-electron chi connectivity index (χ2n) is 2.32. The quantitative estimate of drug-likeness (QED) is 0.589. The minimum atomic E-state index is -1.63. The number of rotatable bonds is 0. The summed E-state index contributed by atoms with van der Waals surface area (Å²) in [7, 11) is 0. The second kappa shape index (κ2) is 2.23. The Hall–Kier alpha value is -1.03. The second-order valence-corrected chi connectivity index (χ2v) is 3.06. The first-order valence-corrected chi connectivity index (χ1v) is 4.15. The van der Waals surface area contributed by atoms with E-state index >= 15 is 0 Å². The van der Waals surface area contributed by atoms with Crippen LogP contribution in [0.5, 0.6) is 11.5 Å². The molecule has 1 atom stereocenters. The lowest BCUT2D eigenvalue weighted by Gasteiger charge is -1.92. The third kappa shape index (κ3) is 1.09. The normalized spacial score (nSPS) is 20.3. The Bertz CT molecular complexity index is 321. The van der Waals surface area contributed by atoms with Crippen molar-refractivity contribution in [3.8, 4) is 11.5 Å². The number of hydrogen-bond donors (Lipinski definition) is 0. The van der Waals surface area contributed by atoms with E-state index in [1.165, 1.54) is 0 Å². The Balaban J connectivity index is 2.51. The zero-order chi connectivity index (χ0) is 7.84. The van der Waals surface area contributed by atoms with E-state index in [0.29, 0.717) is 11.5 Å². The standard InChI is InChI=1S/C7H6O3S/c1-5-2-3-6-7(4-5)10-11(8)9-6/h2-4H,1H3. The Morgan fingerprint density at radius 1 is 1.27 bits per heavy atom. The highest BCUT2D eigenvalue weighted by molar-refractivity contribution is 7.76. The smallest absolute Gasteiger partial charge is 0.367 e. The van der Waals surface area contributed by atoms with E-state index in [2.05, 4.69) is 0 Å². The predicted octanol–water partition coefficient (Wildman–Crippen LogP) is 1.34. The largest absolute Gasteiger partial charge is 0.417 e. The summed E-state index contributed by atoms with van der Waals surface area (Å²) >= 11 is -1.63. The molecule has 4 heteroatoms. The fourth-order valence-electron chi connectivity index (χ4n) is 0.913. The van der Waals surface area contributed by atoms with Gasteiger partial charge in [0.1, 0.15) is 0 Å². The van der Waals surface area contributed by atoms with E-state index in [1.807, 2.05) is 13.0 Å². The summed E-state index contributed by atoms with van der Waals surface area (Å²) < 4.78 is 20.3. The topological polar surface area (TPSA) is 35.5 Å². The van der Waals surface area contributed by atoms with Crippen molar-refractivity contribution in [1.82, 2.24) is 0 Å². The average molecular weight is 170 g/mol. The van der Waals surface area contributed by atoms with E-state index in [0.717, 1.165) is 5.56 Å². The molecule has 0 saturated heterocycles. The molecule has 1 aliphatic rings. The van der Waals surface area contributed by atoms with Crippen LogP contribution in [0.4, 0.5) is 0 Å². The van der Waals surface area contributed by atoms with Crippen molar-refractivity contribution in [2.24, 2.45) is 0 Å². The van der Waals surface area contributed by atoms with Crippen LogP contribution in [0.15, 0.2) is 18.2 Å². The zero-order valence-corrected chi connectivity index (χ0v) is 6.68. The van der Waals surface area contributed by atoms with Crippen molar-refractivity contribution in [2.75, 3.05) is 0 Å². The first-order valence-electron chi connectivity index (χ1n) is 3.15. The number of aryl methyl sites for hydroxylation is 1. The monoisotopic (exact) mass is 170 g/mol. The molecule has 0 spiro atoms. The number of benzene rings is 1. The van der Waals surface area contributed by atoms with Gasteiger partial charge in [0.2, 0.25) is 0 Å². The molecule has 1 aliphatic heterocycles. The van der Waals surface area contributed by atoms with Crippen molar-refractivity contribution in [2.45, 2.75) is 6.92 Å². The Morgan fingerprint density at radius 2 is 2.00 bits per heavy atom. The molecule has 0 amide bonds. The van der Waals surface area contributed by atoms with Gasteiger partial charge in [-0.05, 0) is 24.6 Å². The van der Waals surface area contributed by atoms with Crippen LogP contribution in [0.3, 0.4) is 0 Å². The summed E-state index contributed by atoms with van der Waals surface area (Å²) in [5.74, 6) is 1.11. The summed E-state index contributed by atoms with van der Waals surface area (Å²) in [6.45, 7) is 1.94. The van der Waals surface area contributed by atoms with Crippen LogP contribution in [0.2, 0.25) is 0 Å². The van der Waals surface area contributed by atoms with Gasteiger partial charge >= 0.3 is 11.4 Å². The predicted molar refractivity (Wildman–Crippen MR) is 40.6 cm³/mol. The summed E-state index contributed by atoms with van der Waals surface area (Å²) in [6.07, 6.45) is 0. The van der Waals surface area contributed by atoms with Crippen molar-refractivity contribution in [1.29, 1.82) is 0 Å². The van der Waals surface area contributed by atoms with Gasteiger partial charge in [-0.2, -0.15) is 4.21 Å². The molecule has 1 heterocycles. The molecule has 1 aromatic rings. The summed E-state index contributed by atoms with van der Waals surface area (Å²) in [5, 5.41) is 0. The number of hydrogen-bond acceptors (Lipinski definition) is 3. The highest BCUT2D eigenvalue weighted by Gasteiger charge is 2.20. The van der Waals surface area contributed by atoms with Crippen LogP contribution in [0, 0.1) is 6.92 Å². The van der Waals surface area contributed by atoms with Crippen LogP contribution < -0.4 is 8.37 Å². The Labute approximate surface area is 66.8 Å². The molecule has 0 N–H and O–H groups in total. The zero-order valence-electron chi connectivity index (χ0n) is 5.87. The fraction of sp³-hybridized carbons (Fsp3) is 0.143. The van der Waals surface area contributed by atoms with Crippen molar-refractivity contribution < 1.29 is 12.6 Å². The lowest BCUT2D eigenvalue weighted by molar-refractivity contribution is 0.520.